The zero-order valence-electron chi connectivity index (χ0n) is 10.4. The van der Waals surface area contributed by atoms with Gasteiger partial charge in [0.1, 0.15) is 24.4 Å². The molecule has 112 valence electrons. The highest BCUT2D eigenvalue weighted by Gasteiger charge is 2.47. The van der Waals surface area contributed by atoms with Crippen molar-refractivity contribution in [3.63, 3.8) is 0 Å². The van der Waals surface area contributed by atoms with Gasteiger partial charge in [-0.2, -0.15) is 8.78 Å². The maximum atomic E-state index is 12.8. The molecule has 1 heterocycles. The van der Waals surface area contributed by atoms with E-state index < -0.39 is 49.1 Å². The Balaban J connectivity index is 2.82. The Bertz CT molecular complexity index is 322. The van der Waals surface area contributed by atoms with Crippen molar-refractivity contribution in [1.29, 1.82) is 0 Å². The van der Waals surface area contributed by atoms with Gasteiger partial charge in [0.15, 0.2) is 6.29 Å². The van der Waals surface area contributed by atoms with Crippen molar-refractivity contribution in [3.8, 4) is 0 Å². The maximum Gasteiger partial charge on any atom is 0.321 e. The van der Waals surface area contributed by atoms with Gasteiger partial charge in [0.2, 0.25) is 0 Å². The lowest BCUT2D eigenvalue weighted by molar-refractivity contribution is -0.263. The number of alkyl halides is 2. The van der Waals surface area contributed by atoms with Crippen LogP contribution in [0.4, 0.5) is 8.78 Å². The van der Waals surface area contributed by atoms with Crippen molar-refractivity contribution >= 4 is 5.91 Å². The van der Waals surface area contributed by atoms with Crippen molar-refractivity contribution in [1.82, 2.24) is 5.32 Å². The molecule has 1 saturated heterocycles. The molecule has 1 aliphatic heterocycles. The third-order valence-electron chi connectivity index (χ3n) is 2.81. The standard InChI is InChI=1S/C10H17F2NO6/c1-10(11,12)9(17)13-5-7(16)6(15)4(3-14)19-8(5)18-2/h4-8,14-16H,3H2,1-2H3,(H,13,17)/t4-,5?,6+,7-,8?/m1/s1. The number of hydrogen-bond acceptors (Lipinski definition) is 6. The van der Waals surface area contributed by atoms with E-state index in [0.717, 1.165) is 0 Å². The fourth-order valence-corrected chi connectivity index (χ4v) is 1.72. The summed E-state index contributed by atoms with van der Waals surface area (Å²) < 4.78 is 35.4. The Kier molecular flexibility index (Phi) is 5.16. The SMILES string of the molecule is COC1O[C@H](CO)[C@H](O)[C@H](O)C1NC(=O)C(C)(F)F. The summed E-state index contributed by atoms with van der Waals surface area (Å²) in [7, 11) is 1.17. The molecule has 1 aliphatic rings. The smallest absolute Gasteiger partial charge is 0.321 e. The molecule has 0 aromatic heterocycles. The predicted octanol–water partition coefficient (Wildman–Crippen LogP) is -1.79. The predicted molar refractivity (Wildman–Crippen MR) is 57.3 cm³/mol. The molecule has 5 atom stereocenters. The molecule has 2 unspecified atom stereocenters. The number of hydrogen-bond donors (Lipinski definition) is 4. The number of amides is 1. The number of aliphatic hydroxyl groups is 3. The number of rotatable bonds is 4. The van der Waals surface area contributed by atoms with Crippen molar-refractivity contribution in [2.75, 3.05) is 13.7 Å². The molecule has 0 bridgehead atoms. The molecule has 1 amide bonds. The molecule has 9 heteroatoms. The number of nitrogens with one attached hydrogen (secondary N) is 1. The first-order valence-corrected chi connectivity index (χ1v) is 5.56. The Morgan fingerprint density at radius 3 is 2.42 bits per heavy atom. The van der Waals surface area contributed by atoms with Gasteiger partial charge >= 0.3 is 5.92 Å². The third kappa shape index (κ3) is 3.57. The molecule has 0 saturated carbocycles. The van der Waals surface area contributed by atoms with Crippen LogP contribution in [0.5, 0.6) is 0 Å². The van der Waals surface area contributed by atoms with Crippen LogP contribution in [0.25, 0.3) is 0 Å². The van der Waals surface area contributed by atoms with E-state index in [4.69, 9.17) is 14.6 Å². The number of halogens is 2. The first kappa shape index (κ1) is 16.2. The number of ether oxygens (including phenoxy) is 2. The van der Waals surface area contributed by atoms with E-state index in [9.17, 15) is 23.8 Å². The minimum atomic E-state index is -3.64. The first-order chi connectivity index (χ1) is 8.72. The van der Waals surface area contributed by atoms with E-state index in [2.05, 4.69) is 0 Å². The van der Waals surface area contributed by atoms with Crippen LogP contribution >= 0.6 is 0 Å². The third-order valence-corrected chi connectivity index (χ3v) is 2.81. The molecular weight excluding hydrogens is 268 g/mol. The van der Waals surface area contributed by atoms with Crippen LogP contribution in [0.2, 0.25) is 0 Å². The zero-order chi connectivity index (χ0) is 14.8. The van der Waals surface area contributed by atoms with Crippen LogP contribution in [-0.2, 0) is 14.3 Å². The van der Waals surface area contributed by atoms with Crippen LogP contribution in [0.1, 0.15) is 6.92 Å². The molecule has 0 spiro atoms. The maximum absolute atomic E-state index is 12.8. The molecule has 0 radical (unpaired) electrons. The van der Waals surface area contributed by atoms with Gasteiger partial charge in [0.25, 0.3) is 5.91 Å². The summed E-state index contributed by atoms with van der Waals surface area (Å²) >= 11 is 0. The second-order valence-corrected chi connectivity index (χ2v) is 4.33. The summed E-state index contributed by atoms with van der Waals surface area (Å²) in [5.41, 5.74) is 0. The lowest BCUT2D eigenvalue weighted by atomic mass is 9.97. The highest BCUT2D eigenvalue weighted by atomic mass is 19.3. The van der Waals surface area contributed by atoms with Crippen LogP contribution < -0.4 is 5.32 Å². The van der Waals surface area contributed by atoms with E-state index in [1.54, 1.807) is 0 Å². The highest BCUT2D eigenvalue weighted by molar-refractivity contribution is 5.83. The number of methoxy groups -OCH3 is 1. The first-order valence-electron chi connectivity index (χ1n) is 5.56. The lowest BCUT2D eigenvalue weighted by Gasteiger charge is -2.41. The second kappa shape index (κ2) is 6.06. The average molecular weight is 285 g/mol. The zero-order valence-corrected chi connectivity index (χ0v) is 10.4. The quantitative estimate of drug-likeness (QED) is 0.486. The summed E-state index contributed by atoms with van der Waals surface area (Å²) in [6, 6.07) is -1.37. The van der Waals surface area contributed by atoms with E-state index in [1.165, 1.54) is 7.11 Å². The topological polar surface area (TPSA) is 108 Å². The van der Waals surface area contributed by atoms with Gasteiger partial charge in [-0.15, -0.1) is 0 Å². The molecule has 1 fully saturated rings. The van der Waals surface area contributed by atoms with Gasteiger partial charge < -0.3 is 30.1 Å². The molecule has 0 aromatic carbocycles. The van der Waals surface area contributed by atoms with E-state index in [-0.39, 0.29) is 0 Å². The van der Waals surface area contributed by atoms with Crippen molar-refractivity contribution < 1.29 is 38.4 Å². The fraction of sp³-hybridized carbons (Fsp3) is 0.900. The molecule has 0 aromatic rings. The van der Waals surface area contributed by atoms with Gasteiger partial charge in [-0.1, -0.05) is 0 Å². The van der Waals surface area contributed by atoms with E-state index >= 15 is 0 Å². The van der Waals surface area contributed by atoms with Crippen molar-refractivity contribution in [3.05, 3.63) is 0 Å². The number of carbonyl (C=O) groups is 1. The van der Waals surface area contributed by atoms with Gasteiger partial charge in [0.05, 0.1) is 6.61 Å². The summed E-state index contributed by atoms with van der Waals surface area (Å²) in [5.74, 6) is -5.27. The minimum absolute atomic E-state index is 0.396. The number of carbonyl (C=O) groups excluding carboxylic acids is 1. The highest BCUT2D eigenvalue weighted by Crippen LogP contribution is 2.23. The fourth-order valence-electron chi connectivity index (χ4n) is 1.72. The van der Waals surface area contributed by atoms with Crippen molar-refractivity contribution in [2.45, 2.75) is 43.5 Å². The monoisotopic (exact) mass is 285 g/mol. The van der Waals surface area contributed by atoms with Crippen LogP contribution in [0.15, 0.2) is 0 Å². The van der Waals surface area contributed by atoms with Gasteiger partial charge in [0, 0.05) is 14.0 Å². The van der Waals surface area contributed by atoms with E-state index in [0.29, 0.717) is 6.92 Å². The molecule has 4 N–H and O–H groups in total. The molecule has 1 rings (SSSR count). The van der Waals surface area contributed by atoms with Crippen LogP contribution in [-0.4, -0.2) is 71.5 Å². The summed E-state index contributed by atoms with van der Waals surface area (Å²) in [6.45, 7) is -0.199. The normalized spacial score (nSPS) is 36.1. The van der Waals surface area contributed by atoms with Gasteiger partial charge in [-0.3, -0.25) is 4.79 Å². The summed E-state index contributed by atoms with van der Waals surface area (Å²) in [4.78, 5) is 11.2. The Hall–Kier alpha value is -0.870. The van der Waals surface area contributed by atoms with Crippen LogP contribution in [0, 0.1) is 0 Å². The Morgan fingerprint density at radius 2 is 2.00 bits per heavy atom. The number of aliphatic hydroxyl groups excluding tert-OH is 3. The Morgan fingerprint density at radius 1 is 1.42 bits per heavy atom. The summed E-state index contributed by atoms with van der Waals surface area (Å²) in [6.07, 6.45) is -5.54. The molecular formula is C10H17F2NO6. The minimum Gasteiger partial charge on any atom is -0.394 e. The Labute approximate surface area is 108 Å². The average Bonchev–Trinajstić information content (AvgIpc) is 2.34. The van der Waals surface area contributed by atoms with Gasteiger partial charge in [-0.05, 0) is 0 Å². The molecule has 0 aliphatic carbocycles. The summed E-state index contributed by atoms with van der Waals surface area (Å²) in [5, 5.41) is 30.2. The van der Waals surface area contributed by atoms with Crippen molar-refractivity contribution in [2.24, 2.45) is 0 Å². The van der Waals surface area contributed by atoms with E-state index in [1.807, 2.05) is 5.32 Å². The molecule has 7 nitrogen and oxygen atoms in total. The van der Waals surface area contributed by atoms with Gasteiger partial charge in [-0.25, -0.2) is 0 Å². The second-order valence-electron chi connectivity index (χ2n) is 4.33. The van der Waals surface area contributed by atoms with Crippen LogP contribution in [0.3, 0.4) is 0 Å². The lowest BCUT2D eigenvalue weighted by Crippen LogP contribution is -2.65. The molecule has 19 heavy (non-hydrogen) atoms. The largest absolute Gasteiger partial charge is 0.394 e.